The van der Waals surface area contributed by atoms with E-state index in [1.54, 1.807) is 12.1 Å². The smallest absolute Gasteiger partial charge is 0.257 e. The minimum absolute atomic E-state index is 0.131. The number of para-hydroxylation sites is 2. The van der Waals surface area contributed by atoms with E-state index in [0.29, 0.717) is 16.5 Å². The van der Waals surface area contributed by atoms with E-state index in [0.717, 1.165) is 16.7 Å². The molecule has 0 aliphatic carbocycles. The number of benzene rings is 2. The molecular formula is C20H17N3O3S. The van der Waals surface area contributed by atoms with Crippen molar-refractivity contribution in [2.45, 2.75) is 11.0 Å². The Morgan fingerprint density at radius 1 is 1.11 bits per heavy atom. The second kappa shape index (κ2) is 8.92. The van der Waals surface area contributed by atoms with Crippen molar-refractivity contribution in [3.05, 3.63) is 59.7 Å². The number of terminal acetylenes is 1. The van der Waals surface area contributed by atoms with Crippen molar-refractivity contribution in [1.82, 2.24) is 15.6 Å². The summed E-state index contributed by atoms with van der Waals surface area (Å²) in [7, 11) is 0. The second-order valence-corrected chi connectivity index (χ2v) is 6.48. The van der Waals surface area contributed by atoms with Crippen molar-refractivity contribution in [2.24, 2.45) is 0 Å². The van der Waals surface area contributed by atoms with Gasteiger partial charge in [0.1, 0.15) is 5.52 Å². The summed E-state index contributed by atoms with van der Waals surface area (Å²) in [4.78, 5) is 28.4. The van der Waals surface area contributed by atoms with Gasteiger partial charge >= 0.3 is 0 Å². The lowest BCUT2D eigenvalue weighted by molar-refractivity contribution is -0.119. The molecule has 136 valence electrons. The molecule has 27 heavy (non-hydrogen) atoms. The predicted octanol–water partition coefficient (Wildman–Crippen LogP) is 2.60. The van der Waals surface area contributed by atoms with Gasteiger partial charge < -0.3 is 15.1 Å². The molecule has 0 aliphatic rings. The number of rotatable bonds is 7. The Morgan fingerprint density at radius 3 is 2.70 bits per heavy atom. The van der Waals surface area contributed by atoms with Crippen molar-refractivity contribution >= 4 is 34.7 Å². The molecule has 0 saturated carbocycles. The van der Waals surface area contributed by atoms with Gasteiger partial charge in [-0.15, -0.1) is 6.42 Å². The topological polar surface area (TPSA) is 84.2 Å². The maximum atomic E-state index is 12.4. The molecule has 7 heteroatoms. The van der Waals surface area contributed by atoms with E-state index >= 15 is 0 Å². The van der Waals surface area contributed by atoms with Crippen LogP contribution in [0.1, 0.15) is 15.9 Å². The molecule has 1 heterocycles. The first-order valence-corrected chi connectivity index (χ1v) is 9.20. The van der Waals surface area contributed by atoms with E-state index in [4.69, 9.17) is 10.8 Å². The van der Waals surface area contributed by atoms with E-state index in [-0.39, 0.29) is 24.9 Å². The first-order valence-electron chi connectivity index (χ1n) is 8.22. The number of aromatic nitrogens is 1. The summed E-state index contributed by atoms with van der Waals surface area (Å²) in [6.45, 7) is -0.000446. The largest absolute Gasteiger partial charge is 0.431 e. The van der Waals surface area contributed by atoms with Gasteiger partial charge in [0.15, 0.2) is 5.58 Å². The molecule has 1 aromatic heterocycles. The second-order valence-electron chi connectivity index (χ2n) is 5.56. The highest BCUT2D eigenvalue weighted by molar-refractivity contribution is 7.98. The standard InChI is InChI=1S/C20H17N3O3S/c1-2-11-21-18(24)12-22-19(25)15-8-4-3-7-14(15)13-27-20-23-16-9-5-6-10-17(16)26-20/h1,3-10H,11-13H2,(H,21,24)(H,22,25). The zero-order chi connectivity index (χ0) is 19.1. The fourth-order valence-corrected chi connectivity index (χ4v) is 3.23. The van der Waals surface area contributed by atoms with Crippen molar-refractivity contribution in [2.75, 3.05) is 13.1 Å². The zero-order valence-corrected chi connectivity index (χ0v) is 15.2. The van der Waals surface area contributed by atoms with Crippen LogP contribution in [0.3, 0.4) is 0 Å². The fourth-order valence-electron chi connectivity index (χ4n) is 2.39. The summed E-state index contributed by atoms with van der Waals surface area (Å²) in [6, 6.07) is 14.8. The van der Waals surface area contributed by atoms with Crippen LogP contribution in [-0.2, 0) is 10.5 Å². The summed E-state index contributed by atoms with van der Waals surface area (Å²) in [5.41, 5.74) is 2.85. The Bertz CT molecular complexity index is 974. The number of carbonyl (C=O) groups excluding carboxylic acids is 2. The summed E-state index contributed by atoms with van der Waals surface area (Å²) in [5.74, 6) is 2.17. The number of nitrogens with zero attached hydrogens (tertiary/aromatic N) is 1. The third kappa shape index (κ3) is 4.90. The Kier molecular flexibility index (Phi) is 6.13. The first-order chi connectivity index (χ1) is 13.2. The Morgan fingerprint density at radius 2 is 1.89 bits per heavy atom. The van der Waals surface area contributed by atoms with Gasteiger partial charge in [-0.3, -0.25) is 9.59 Å². The van der Waals surface area contributed by atoms with Crippen molar-refractivity contribution in [3.8, 4) is 12.3 Å². The summed E-state index contributed by atoms with van der Waals surface area (Å²) in [6.07, 6.45) is 5.08. The Labute approximate surface area is 160 Å². The van der Waals surface area contributed by atoms with Crippen LogP contribution in [0.15, 0.2) is 58.2 Å². The predicted molar refractivity (Wildman–Crippen MR) is 104 cm³/mol. The van der Waals surface area contributed by atoms with E-state index in [1.165, 1.54) is 11.8 Å². The van der Waals surface area contributed by atoms with Crippen molar-refractivity contribution < 1.29 is 14.0 Å². The van der Waals surface area contributed by atoms with Crippen LogP contribution in [0.4, 0.5) is 0 Å². The van der Waals surface area contributed by atoms with Gasteiger partial charge in [0.2, 0.25) is 5.91 Å². The lowest BCUT2D eigenvalue weighted by atomic mass is 10.1. The van der Waals surface area contributed by atoms with Gasteiger partial charge in [-0.2, -0.15) is 0 Å². The number of amides is 2. The van der Waals surface area contributed by atoms with Crippen LogP contribution >= 0.6 is 11.8 Å². The molecule has 0 fully saturated rings. The number of hydrogen-bond acceptors (Lipinski definition) is 5. The van der Waals surface area contributed by atoms with Crippen LogP contribution in [0, 0.1) is 12.3 Å². The van der Waals surface area contributed by atoms with Gasteiger partial charge in [-0.1, -0.05) is 48.0 Å². The number of fused-ring (bicyclic) bond motifs is 1. The Balaban J connectivity index is 1.63. The summed E-state index contributed by atoms with van der Waals surface area (Å²) >= 11 is 1.41. The van der Waals surface area contributed by atoms with E-state index in [9.17, 15) is 9.59 Å². The average molecular weight is 379 g/mol. The number of oxazole rings is 1. The van der Waals surface area contributed by atoms with Gasteiger partial charge in [0.05, 0.1) is 13.1 Å². The molecule has 3 aromatic rings. The van der Waals surface area contributed by atoms with Gasteiger partial charge in [0.25, 0.3) is 11.1 Å². The molecule has 0 radical (unpaired) electrons. The molecule has 3 rings (SSSR count). The van der Waals surface area contributed by atoms with Crippen molar-refractivity contribution in [1.29, 1.82) is 0 Å². The van der Waals surface area contributed by atoms with E-state index in [1.807, 2.05) is 36.4 Å². The maximum absolute atomic E-state index is 12.4. The van der Waals surface area contributed by atoms with Crippen LogP contribution in [0.25, 0.3) is 11.1 Å². The normalized spacial score (nSPS) is 10.3. The number of nitrogens with one attached hydrogen (secondary N) is 2. The molecule has 0 spiro atoms. The third-order valence-electron chi connectivity index (χ3n) is 3.68. The Hall–Kier alpha value is -3.24. The monoisotopic (exact) mass is 379 g/mol. The van der Waals surface area contributed by atoms with Crippen LogP contribution in [0.5, 0.6) is 0 Å². The molecule has 0 atom stereocenters. The molecular weight excluding hydrogens is 362 g/mol. The van der Waals surface area contributed by atoms with Crippen LogP contribution in [0.2, 0.25) is 0 Å². The van der Waals surface area contributed by atoms with Gasteiger partial charge in [-0.25, -0.2) is 4.98 Å². The average Bonchev–Trinajstić information content (AvgIpc) is 3.12. The molecule has 0 bridgehead atoms. The fraction of sp³-hybridized carbons (Fsp3) is 0.150. The maximum Gasteiger partial charge on any atom is 0.257 e. The zero-order valence-electron chi connectivity index (χ0n) is 14.4. The highest BCUT2D eigenvalue weighted by Crippen LogP contribution is 2.27. The summed E-state index contributed by atoms with van der Waals surface area (Å²) < 4.78 is 5.69. The molecule has 6 nitrogen and oxygen atoms in total. The SMILES string of the molecule is C#CCNC(=O)CNC(=O)c1ccccc1CSc1nc2ccccc2o1. The minimum Gasteiger partial charge on any atom is -0.431 e. The van der Waals surface area contributed by atoms with Gasteiger partial charge in [-0.05, 0) is 23.8 Å². The highest BCUT2D eigenvalue weighted by Gasteiger charge is 2.13. The van der Waals surface area contributed by atoms with Crippen molar-refractivity contribution in [3.63, 3.8) is 0 Å². The highest BCUT2D eigenvalue weighted by atomic mass is 32.2. The molecule has 2 aromatic carbocycles. The molecule has 0 unspecified atom stereocenters. The van der Waals surface area contributed by atoms with Crippen LogP contribution in [-0.4, -0.2) is 29.9 Å². The van der Waals surface area contributed by atoms with E-state index < -0.39 is 0 Å². The lowest BCUT2D eigenvalue weighted by Crippen LogP contribution is -2.37. The summed E-state index contributed by atoms with van der Waals surface area (Å²) in [5, 5.41) is 5.64. The lowest BCUT2D eigenvalue weighted by Gasteiger charge is -2.09. The quantitative estimate of drug-likeness (QED) is 0.487. The molecule has 0 saturated heterocycles. The minimum atomic E-state index is -0.334. The number of hydrogen-bond donors (Lipinski definition) is 2. The number of thioether (sulfide) groups is 1. The molecule has 2 amide bonds. The van der Waals surface area contributed by atoms with E-state index in [2.05, 4.69) is 21.5 Å². The number of carbonyl (C=O) groups is 2. The molecule has 2 N–H and O–H groups in total. The first kappa shape index (κ1) is 18.5. The van der Waals surface area contributed by atoms with Gasteiger partial charge in [0, 0.05) is 11.3 Å². The molecule has 0 aliphatic heterocycles. The van der Waals surface area contributed by atoms with Crippen LogP contribution < -0.4 is 10.6 Å². The third-order valence-corrected chi connectivity index (χ3v) is 4.56.